The molecule has 3 rings (SSSR count). The SMILES string of the molecule is CC[C@@](C)(O)C(=O)CC(=O)c1c(C)cc2c(c1O)C(=O)c1c(O)cccc1C2=O. The van der Waals surface area contributed by atoms with Crippen LogP contribution in [0.15, 0.2) is 24.3 Å². The molecule has 1 atom stereocenters. The van der Waals surface area contributed by atoms with E-state index in [-0.39, 0.29) is 39.8 Å². The summed E-state index contributed by atoms with van der Waals surface area (Å²) in [6.07, 6.45) is -0.560. The lowest BCUT2D eigenvalue weighted by Crippen LogP contribution is -2.35. The Kier molecular flexibility index (Phi) is 4.88. The zero-order valence-corrected chi connectivity index (χ0v) is 16.2. The molecule has 0 amide bonds. The average Bonchev–Trinajstić information content (AvgIpc) is 2.65. The minimum atomic E-state index is -1.69. The van der Waals surface area contributed by atoms with Gasteiger partial charge in [-0.1, -0.05) is 19.1 Å². The first-order valence-corrected chi connectivity index (χ1v) is 9.08. The first-order valence-electron chi connectivity index (χ1n) is 9.08. The van der Waals surface area contributed by atoms with E-state index in [0.29, 0.717) is 0 Å². The molecular weight excluding hydrogens is 376 g/mol. The van der Waals surface area contributed by atoms with Crippen molar-refractivity contribution in [2.24, 2.45) is 0 Å². The standard InChI is InChI=1S/C22H20O7/c1-4-22(3,29)15(25)9-14(24)16-10(2)8-12-18(20(16)27)21(28)17-11(19(12)26)6-5-7-13(17)23/h5-8,23,27,29H,4,9H2,1-3H3/t22-/m1/s1. The van der Waals surface area contributed by atoms with Crippen LogP contribution < -0.4 is 0 Å². The Morgan fingerprint density at radius 1 is 1.03 bits per heavy atom. The van der Waals surface area contributed by atoms with Gasteiger partial charge in [0.15, 0.2) is 17.3 Å². The Hall–Kier alpha value is -3.32. The van der Waals surface area contributed by atoms with Crippen molar-refractivity contribution in [3.05, 3.63) is 57.6 Å². The molecule has 0 unspecified atom stereocenters. The fraction of sp³-hybridized carbons (Fsp3) is 0.273. The highest BCUT2D eigenvalue weighted by molar-refractivity contribution is 6.31. The van der Waals surface area contributed by atoms with Crippen LogP contribution in [-0.2, 0) is 4.79 Å². The van der Waals surface area contributed by atoms with E-state index in [1.165, 1.54) is 38.1 Å². The molecule has 1 aliphatic carbocycles. The fourth-order valence-electron chi connectivity index (χ4n) is 3.42. The van der Waals surface area contributed by atoms with Gasteiger partial charge in [0.25, 0.3) is 0 Å². The third-order valence-electron chi connectivity index (χ3n) is 5.37. The molecule has 3 N–H and O–H groups in total. The summed E-state index contributed by atoms with van der Waals surface area (Å²) in [4.78, 5) is 50.6. The van der Waals surface area contributed by atoms with Crippen LogP contribution in [0.1, 0.15) is 74.5 Å². The highest BCUT2D eigenvalue weighted by Crippen LogP contribution is 2.39. The summed E-state index contributed by atoms with van der Waals surface area (Å²) in [7, 11) is 0. The normalized spacial score (nSPS) is 14.8. The average molecular weight is 396 g/mol. The van der Waals surface area contributed by atoms with E-state index in [1.807, 2.05) is 0 Å². The fourth-order valence-corrected chi connectivity index (χ4v) is 3.42. The first-order chi connectivity index (χ1) is 13.5. The van der Waals surface area contributed by atoms with Crippen molar-refractivity contribution in [3.8, 4) is 11.5 Å². The van der Waals surface area contributed by atoms with E-state index in [2.05, 4.69) is 0 Å². The largest absolute Gasteiger partial charge is 0.507 e. The number of aliphatic hydroxyl groups is 1. The number of carbonyl (C=O) groups excluding carboxylic acids is 4. The second-order valence-corrected chi connectivity index (χ2v) is 7.35. The summed E-state index contributed by atoms with van der Waals surface area (Å²) >= 11 is 0. The molecule has 0 fully saturated rings. The van der Waals surface area contributed by atoms with Crippen molar-refractivity contribution >= 4 is 23.1 Å². The van der Waals surface area contributed by atoms with E-state index in [0.717, 1.165) is 0 Å². The van der Waals surface area contributed by atoms with Gasteiger partial charge in [0.05, 0.1) is 23.1 Å². The minimum Gasteiger partial charge on any atom is -0.507 e. The second kappa shape index (κ2) is 6.93. The summed E-state index contributed by atoms with van der Waals surface area (Å²) in [6, 6.07) is 5.39. The molecule has 0 saturated heterocycles. The summed E-state index contributed by atoms with van der Waals surface area (Å²) in [5.74, 6) is -3.95. The number of rotatable bonds is 5. The van der Waals surface area contributed by atoms with Crippen LogP contribution >= 0.6 is 0 Å². The maximum atomic E-state index is 12.9. The molecule has 2 aromatic rings. The number of fused-ring (bicyclic) bond motifs is 2. The number of hydrogen-bond donors (Lipinski definition) is 3. The van der Waals surface area contributed by atoms with Gasteiger partial charge >= 0.3 is 0 Å². The first kappa shape index (κ1) is 20.4. The molecule has 0 aliphatic heterocycles. The zero-order valence-electron chi connectivity index (χ0n) is 16.2. The Balaban J connectivity index is 2.13. The Bertz CT molecular complexity index is 1090. The van der Waals surface area contributed by atoms with Crippen molar-refractivity contribution in [1.29, 1.82) is 0 Å². The van der Waals surface area contributed by atoms with Crippen molar-refractivity contribution in [3.63, 3.8) is 0 Å². The molecule has 29 heavy (non-hydrogen) atoms. The lowest BCUT2D eigenvalue weighted by molar-refractivity contribution is -0.134. The van der Waals surface area contributed by atoms with Gasteiger partial charge in [-0.05, 0) is 38.0 Å². The number of carbonyl (C=O) groups is 4. The van der Waals surface area contributed by atoms with Crippen molar-refractivity contribution in [2.75, 3.05) is 0 Å². The molecular formula is C22H20O7. The lowest BCUT2D eigenvalue weighted by atomic mass is 9.80. The van der Waals surface area contributed by atoms with Crippen molar-refractivity contribution < 1.29 is 34.5 Å². The maximum Gasteiger partial charge on any atom is 0.201 e. The molecule has 0 saturated carbocycles. The van der Waals surface area contributed by atoms with Gasteiger partial charge in [0.2, 0.25) is 5.78 Å². The number of hydrogen-bond acceptors (Lipinski definition) is 7. The van der Waals surface area contributed by atoms with Crippen LogP contribution in [0, 0.1) is 6.92 Å². The third kappa shape index (κ3) is 3.13. The van der Waals surface area contributed by atoms with Gasteiger partial charge in [-0.2, -0.15) is 0 Å². The topological polar surface area (TPSA) is 129 Å². The molecule has 0 aromatic heterocycles. The Morgan fingerprint density at radius 3 is 2.31 bits per heavy atom. The smallest absolute Gasteiger partial charge is 0.201 e. The monoisotopic (exact) mass is 396 g/mol. The zero-order chi connectivity index (χ0) is 21.7. The van der Waals surface area contributed by atoms with Gasteiger partial charge in [-0.25, -0.2) is 0 Å². The molecule has 1 aliphatic rings. The third-order valence-corrected chi connectivity index (χ3v) is 5.37. The second-order valence-electron chi connectivity index (χ2n) is 7.35. The molecule has 150 valence electrons. The quantitative estimate of drug-likeness (QED) is 0.446. The summed E-state index contributed by atoms with van der Waals surface area (Å²) < 4.78 is 0. The minimum absolute atomic E-state index is 0.00884. The molecule has 7 heteroatoms. The van der Waals surface area contributed by atoms with E-state index >= 15 is 0 Å². The van der Waals surface area contributed by atoms with Gasteiger partial charge in [-0.3, -0.25) is 19.2 Å². The molecule has 0 heterocycles. The predicted molar refractivity (Wildman–Crippen MR) is 103 cm³/mol. The summed E-state index contributed by atoms with van der Waals surface area (Å²) in [5, 5.41) is 30.8. The highest BCUT2D eigenvalue weighted by atomic mass is 16.3. The van der Waals surface area contributed by atoms with Gasteiger partial charge in [0, 0.05) is 11.1 Å². The number of Topliss-reactive ketones (excluding diaryl/α,β-unsaturated/α-hetero) is 2. The van der Waals surface area contributed by atoms with Crippen molar-refractivity contribution in [2.45, 2.75) is 39.2 Å². The molecule has 2 aromatic carbocycles. The Labute approximate surface area is 166 Å². The van der Waals surface area contributed by atoms with Crippen LogP contribution in [-0.4, -0.2) is 44.1 Å². The molecule has 0 bridgehead atoms. The van der Waals surface area contributed by atoms with Crippen LogP contribution in [0.3, 0.4) is 0 Å². The van der Waals surface area contributed by atoms with Crippen LogP contribution in [0.2, 0.25) is 0 Å². The summed E-state index contributed by atoms with van der Waals surface area (Å²) in [6.45, 7) is 4.37. The van der Waals surface area contributed by atoms with E-state index in [9.17, 15) is 34.5 Å². The van der Waals surface area contributed by atoms with E-state index in [4.69, 9.17) is 0 Å². The molecule has 0 spiro atoms. The Morgan fingerprint density at radius 2 is 1.69 bits per heavy atom. The van der Waals surface area contributed by atoms with Gasteiger partial charge in [-0.15, -0.1) is 0 Å². The van der Waals surface area contributed by atoms with Crippen molar-refractivity contribution in [1.82, 2.24) is 0 Å². The highest BCUT2D eigenvalue weighted by Gasteiger charge is 2.37. The van der Waals surface area contributed by atoms with Gasteiger partial charge in [0.1, 0.15) is 17.1 Å². The number of phenols is 2. The number of aryl methyl sites for hydroxylation is 1. The number of benzene rings is 2. The predicted octanol–water partition coefficient (Wildman–Crippen LogP) is 2.48. The van der Waals surface area contributed by atoms with Crippen LogP contribution in [0.4, 0.5) is 0 Å². The molecule has 7 nitrogen and oxygen atoms in total. The molecule has 0 radical (unpaired) electrons. The summed E-state index contributed by atoms with van der Waals surface area (Å²) in [5.41, 5.74) is -2.42. The number of phenolic OH excluding ortho intramolecular Hbond substituents is 2. The number of aromatic hydroxyl groups is 2. The lowest BCUT2D eigenvalue weighted by Gasteiger charge is -2.22. The van der Waals surface area contributed by atoms with E-state index < -0.39 is 46.7 Å². The van der Waals surface area contributed by atoms with E-state index in [1.54, 1.807) is 6.92 Å². The van der Waals surface area contributed by atoms with Crippen LogP contribution in [0.5, 0.6) is 11.5 Å². The van der Waals surface area contributed by atoms with Gasteiger partial charge < -0.3 is 15.3 Å². The number of ketones is 4. The maximum absolute atomic E-state index is 12.9. The van der Waals surface area contributed by atoms with Crippen LogP contribution in [0.25, 0.3) is 0 Å².